The second kappa shape index (κ2) is 5.09. The van der Waals surface area contributed by atoms with Gasteiger partial charge in [0.1, 0.15) is 12.4 Å². The van der Waals surface area contributed by atoms with Crippen molar-refractivity contribution in [1.29, 1.82) is 0 Å². The Morgan fingerprint density at radius 3 is 2.71 bits per heavy atom. The van der Waals surface area contributed by atoms with Crippen molar-refractivity contribution in [2.45, 2.75) is 39.2 Å². The topological polar surface area (TPSA) is 12.5 Å². The van der Waals surface area contributed by atoms with Gasteiger partial charge >= 0.3 is 0 Å². The molecule has 17 heavy (non-hydrogen) atoms. The molecular weight excluding hydrogens is 210 g/mol. The number of rotatable bonds is 4. The van der Waals surface area contributed by atoms with Gasteiger partial charge in [-0.15, -0.1) is 0 Å². The van der Waals surface area contributed by atoms with E-state index in [1.165, 1.54) is 24.1 Å². The largest absolute Gasteiger partial charge is 0.492 e. The van der Waals surface area contributed by atoms with Crippen LogP contribution in [0, 0.1) is 6.92 Å². The fraction of sp³-hybridized carbons (Fsp3) is 0.600. The van der Waals surface area contributed by atoms with Crippen LogP contribution in [0.25, 0.3) is 0 Å². The molecule has 0 saturated carbocycles. The molecule has 1 heterocycles. The molecule has 0 radical (unpaired) electrons. The summed E-state index contributed by atoms with van der Waals surface area (Å²) in [6, 6.07) is 7.05. The van der Waals surface area contributed by atoms with E-state index in [9.17, 15) is 0 Å². The molecule has 94 valence electrons. The number of hydrogen-bond donors (Lipinski definition) is 0. The Kier molecular flexibility index (Phi) is 3.72. The van der Waals surface area contributed by atoms with Gasteiger partial charge in [0.25, 0.3) is 0 Å². The Bertz CT molecular complexity index is 387. The van der Waals surface area contributed by atoms with E-state index in [-0.39, 0.29) is 0 Å². The van der Waals surface area contributed by atoms with Crippen molar-refractivity contribution in [3.8, 4) is 5.75 Å². The molecule has 1 aliphatic rings. The molecule has 1 atom stereocenters. The lowest BCUT2D eigenvalue weighted by atomic mass is 9.98. The maximum Gasteiger partial charge on any atom is 0.119 e. The summed E-state index contributed by atoms with van der Waals surface area (Å²) in [5.74, 6) is 1.57. The van der Waals surface area contributed by atoms with Gasteiger partial charge in [-0.3, -0.25) is 4.90 Å². The van der Waals surface area contributed by atoms with E-state index in [0.717, 1.165) is 12.4 Å². The summed E-state index contributed by atoms with van der Waals surface area (Å²) >= 11 is 0. The van der Waals surface area contributed by atoms with Crippen molar-refractivity contribution in [2.24, 2.45) is 0 Å². The molecule has 0 N–H and O–H groups in total. The highest BCUT2D eigenvalue weighted by Crippen LogP contribution is 2.25. The quantitative estimate of drug-likeness (QED) is 0.792. The van der Waals surface area contributed by atoms with Crippen LogP contribution in [-0.2, 0) is 0 Å². The first kappa shape index (κ1) is 12.4. The lowest BCUT2D eigenvalue weighted by Crippen LogP contribution is -2.48. The fourth-order valence-electron chi connectivity index (χ4n) is 2.30. The summed E-state index contributed by atoms with van der Waals surface area (Å²) < 4.78 is 5.88. The molecule has 1 aliphatic heterocycles. The van der Waals surface area contributed by atoms with Crippen molar-refractivity contribution >= 4 is 0 Å². The molecule has 0 bridgehead atoms. The third kappa shape index (κ3) is 2.81. The van der Waals surface area contributed by atoms with E-state index >= 15 is 0 Å². The smallest absolute Gasteiger partial charge is 0.119 e. The summed E-state index contributed by atoms with van der Waals surface area (Å²) in [5, 5.41) is 0. The number of hydrogen-bond acceptors (Lipinski definition) is 2. The SMILES string of the molecule is Cc1ccc(OC[C@@H]2CCN2C)cc1C(C)C. The zero-order chi connectivity index (χ0) is 12.4. The standard InChI is InChI=1S/C15H23NO/c1-11(2)15-9-14(6-5-12(15)3)17-10-13-7-8-16(13)4/h5-6,9,11,13H,7-8,10H2,1-4H3/t13-/m0/s1. The van der Waals surface area contributed by atoms with Gasteiger partial charge in [0.2, 0.25) is 0 Å². The number of likely N-dealkylation sites (N-methyl/N-ethyl adjacent to an activating group) is 1. The van der Waals surface area contributed by atoms with E-state index in [4.69, 9.17) is 4.74 Å². The highest BCUT2D eigenvalue weighted by atomic mass is 16.5. The number of ether oxygens (including phenoxy) is 1. The Hall–Kier alpha value is -1.02. The minimum atomic E-state index is 0.560. The summed E-state index contributed by atoms with van der Waals surface area (Å²) in [5.41, 5.74) is 2.75. The first-order chi connectivity index (χ1) is 8.08. The molecule has 1 aromatic rings. The van der Waals surface area contributed by atoms with Crippen LogP contribution in [0.15, 0.2) is 18.2 Å². The van der Waals surface area contributed by atoms with Crippen molar-refractivity contribution < 1.29 is 4.74 Å². The lowest BCUT2D eigenvalue weighted by Gasteiger charge is -2.37. The molecule has 0 amide bonds. The van der Waals surface area contributed by atoms with E-state index < -0.39 is 0 Å². The van der Waals surface area contributed by atoms with Crippen LogP contribution in [0.1, 0.15) is 37.3 Å². The summed E-state index contributed by atoms with van der Waals surface area (Å²) in [6.07, 6.45) is 1.26. The molecule has 1 fully saturated rings. The van der Waals surface area contributed by atoms with Crippen LogP contribution in [0.2, 0.25) is 0 Å². The van der Waals surface area contributed by atoms with Crippen molar-refractivity contribution in [3.63, 3.8) is 0 Å². The highest BCUT2D eigenvalue weighted by molar-refractivity contribution is 5.36. The summed E-state index contributed by atoms with van der Waals surface area (Å²) in [7, 11) is 2.16. The molecule has 0 aromatic heterocycles. The Morgan fingerprint density at radius 2 is 2.18 bits per heavy atom. The first-order valence-corrected chi connectivity index (χ1v) is 6.51. The maximum atomic E-state index is 5.88. The van der Waals surface area contributed by atoms with Crippen LogP contribution >= 0.6 is 0 Å². The number of nitrogens with zero attached hydrogens (tertiary/aromatic N) is 1. The summed E-state index contributed by atoms with van der Waals surface area (Å²) in [4.78, 5) is 2.34. The third-order valence-electron chi connectivity index (χ3n) is 3.75. The number of aryl methyl sites for hydroxylation is 1. The van der Waals surface area contributed by atoms with Crippen LogP contribution in [0.3, 0.4) is 0 Å². The molecule has 2 heteroatoms. The molecule has 0 spiro atoms. The Morgan fingerprint density at radius 1 is 1.41 bits per heavy atom. The van der Waals surface area contributed by atoms with E-state index in [2.05, 4.69) is 50.9 Å². The normalized spacial score (nSPS) is 20.4. The van der Waals surface area contributed by atoms with Crippen molar-refractivity contribution in [3.05, 3.63) is 29.3 Å². The van der Waals surface area contributed by atoms with Crippen LogP contribution in [-0.4, -0.2) is 31.1 Å². The Labute approximate surface area is 105 Å². The monoisotopic (exact) mass is 233 g/mol. The maximum absolute atomic E-state index is 5.88. The highest BCUT2D eigenvalue weighted by Gasteiger charge is 2.24. The second-order valence-electron chi connectivity index (χ2n) is 5.41. The van der Waals surface area contributed by atoms with E-state index in [1.807, 2.05) is 0 Å². The van der Waals surface area contributed by atoms with Gasteiger partial charge in [0.05, 0.1) is 0 Å². The van der Waals surface area contributed by atoms with Gasteiger partial charge in [-0.05, 0) is 56.1 Å². The molecule has 1 aromatic carbocycles. The third-order valence-corrected chi connectivity index (χ3v) is 3.75. The molecule has 2 nitrogen and oxygen atoms in total. The molecule has 0 unspecified atom stereocenters. The van der Waals surface area contributed by atoms with Gasteiger partial charge in [-0.1, -0.05) is 19.9 Å². The van der Waals surface area contributed by atoms with Gasteiger partial charge < -0.3 is 4.74 Å². The van der Waals surface area contributed by atoms with Gasteiger partial charge in [-0.2, -0.15) is 0 Å². The zero-order valence-corrected chi connectivity index (χ0v) is 11.4. The average molecular weight is 233 g/mol. The Balaban J connectivity index is 1.98. The lowest BCUT2D eigenvalue weighted by molar-refractivity contribution is 0.0768. The van der Waals surface area contributed by atoms with E-state index in [1.54, 1.807) is 0 Å². The first-order valence-electron chi connectivity index (χ1n) is 6.51. The van der Waals surface area contributed by atoms with Crippen LogP contribution < -0.4 is 4.74 Å². The zero-order valence-electron chi connectivity index (χ0n) is 11.4. The molecular formula is C15H23NO. The van der Waals surface area contributed by atoms with Crippen LogP contribution in [0.5, 0.6) is 5.75 Å². The predicted octanol–water partition coefficient (Wildman–Crippen LogP) is 3.20. The van der Waals surface area contributed by atoms with Crippen molar-refractivity contribution in [2.75, 3.05) is 20.2 Å². The minimum absolute atomic E-state index is 0.560. The van der Waals surface area contributed by atoms with Gasteiger partial charge in [0, 0.05) is 6.04 Å². The summed E-state index contributed by atoms with van der Waals surface area (Å²) in [6.45, 7) is 8.65. The predicted molar refractivity (Wildman–Crippen MR) is 71.8 cm³/mol. The molecule has 2 rings (SSSR count). The molecule has 0 aliphatic carbocycles. The minimum Gasteiger partial charge on any atom is -0.492 e. The molecule has 1 saturated heterocycles. The van der Waals surface area contributed by atoms with E-state index in [0.29, 0.717) is 12.0 Å². The second-order valence-corrected chi connectivity index (χ2v) is 5.41. The van der Waals surface area contributed by atoms with Gasteiger partial charge in [0.15, 0.2) is 0 Å². The number of likely N-dealkylation sites (tertiary alicyclic amines) is 1. The average Bonchev–Trinajstić information content (AvgIpc) is 2.29. The van der Waals surface area contributed by atoms with Crippen molar-refractivity contribution in [1.82, 2.24) is 4.90 Å². The van der Waals surface area contributed by atoms with Gasteiger partial charge in [-0.25, -0.2) is 0 Å². The van der Waals surface area contributed by atoms with Crippen LogP contribution in [0.4, 0.5) is 0 Å². The fourth-order valence-corrected chi connectivity index (χ4v) is 2.30. The number of benzene rings is 1.